The summed E-state index contributed by atoms with van der Waals surface area (Å²) in [7, 11) is 0. The molecule has 2 aromatic carbocycles. The van der Waals surface area contributed by atoms with Crippen LogP contribution in [0.3, 0.4) is 0 Å². The summed E-state index contributed by atoms with van der Waals surface area (Å²) in [5.74, 6) is -0.481. The van der Waals surface area contributed by atoms with Crippen molar-refractivity contribution in [3.8, 4) is 0 Å². The molecule has 0 saturated heterocycles. The molecule has 23 heavy (non-hydrogen) atoms. The van der Waals surface area contributed by atoms with Gasteiger partial charge in [-0.25, -0.2) is 9.97 Å². The lowest BCUT2D eigenvalue weighted by molar-refractivity contribution is 0.102. The molecule has 0 saturated carbocycles. The minimum absolute atomic E-state index is 0.0375. The van der Waals surface area contributed by atoms with Gasteiger partial charge in [-0.3, -0.25) is 9.59 Å². The van der Waals surface area contributed by atoms with E-state index in [0.717, 1.165) is 0 Å². The quantitative estimate of drug-likeness (QED) is 0.694. The fraction of sp³-hybridized carbons (Fsp3) is 0.0526. The van der Waals surface area contributed by atoms with Crippen molar-refractivity contribution in [1.29, 1.82) is 0 Å². The maximum absolute atomic E-state index is 12.5. The number of hydrogen-bond donors (Lipinski definition) is 0. The van der Waals surface area contributed by atoms with Gasteiger partial charge in [0.05, 0.1) is 0 Å². The third-order valence-corrected chi connectivity index (χ3v) is 3.36. The summed E-state index contributed by atoms with van der Waals surface area (Å²) >= 11 is 0. The number of carbonyl (C=O) groups is 2. The lowest BCUT2D eigenvalue weighted by Gasteiger charge is -2.05. The van der Waals surface area contributed by atoms with Crippen LogP contribution in [0.2, 0.25) is 0 Å². The number of rotatable bonds is 4. The van der Waals surface area contributed by atoms with E-state index in [2.05, 4.69) is 9.97 Å². The number of ketones is 2. The predicted octanol–water partition coefficient (Wildman–Crippen LogP) is 3.25. The third kappa shape index (κ3) is 3.21. The minimum atomic E-state index is -0.295. The van der Waals surface area contributed by atoms with Crippen LogP contribution in [-0.4, -0.2) is 21.5 Å². The van der Waals surface area contributed by atoms with Gasteiger partial charge < -0.3 is 0 Å². The van der Waals surface area contributed by atoms with Crippen molar-refractivity contribution in [2.24, 2.45) is 0 Å². The van der Waals surface area contributed by atoms with Crippen LogP contribution in [0.4, 0.5) is 0 Å². The molecule has 3 aromatic rings. The molecule has 0 aliphatic heterocycles. The second-order valence-corrected chi connectivity index (χ2v) is 5.11. The van der Waals surface area contributed by atoms with Crippen molar-refractivity contribution >= 4 is 11.6 Å². The highest BCUT2D eigenvalue weighted by molar-refractivity contribution is 6.10. The number of benzene rings is 2. The van der Waals surface area contributed by atoms with Crippen molar-refractivity contribution in [2.45, 2.75) is 6.92 Å². The normalized spacial score (nSPS) is 10.3. The maximum Gasteiger partial charge on any atom is 0.230 e. The second kappa shape index (κ2) is 6.32. The fourth-order valence-electron chi connectivity index (χ4n) is 2.24. The van der Waals surface area contributed by atoms with Gasteiger partial charge in [0.15, 0.2) is 0 Å². The van der Waals surface area contributed by atoms with E-state index >= 15 is 0 Å². The van der Waals surface area contributed by atoms with Crippen molar-refractivity contribution in [3.63, 3.8) is 0 Å². The molecule has 1 aromatic heterocycles. The first kappa shape index (κ1) is 14.8. The molecule has 0 atom stereocenters. The van der Waals surface area contributed by atoms with E-state index in [4.69, 9.17) is 0 Å². The molecule has 0 N–H and O–H groups in total. The molecular formula is C19H14N2O2. The van der Waals surface area contributed by atoms with Gasteiger partial charge in [-0.15, -0.1) is 0 Å². The molecule has 1 heterocycles. The van der Waals surface area contributed by atoms with Crippen LogP contribution in [0.15, 0.2) is 66.7 Å². The molecule has 0 radical (unpaired) electrons. The average molecular weight is 302 g/mol. The van der Waals surface area contributed by atoms with Gasteiger partial charge in [-0.2, -0.15) is 0 Å². The zero-order chi connectivity index (χ0) is 16.2. The largest absolute Gasteiger partial charge is 0.287 e. The Kier molecular flexibility index (Phi) is 4.06. The first-order valence-corrected chi connectivity index (χ1v) is 7.20. The van der Waals surface area contributed by atoms with Crippen LogP contribution >= 0.6 is 0 Å². The summed E-state index contributed by atoms with van der Waals surface area (Å²) in [6, 6.07) is 19.2. The summed E-state index contributed by atoms with van der Waals surface area (Å²) < 4.78 is 0. The van der Waals surface area contributed by atoms with Gasteiger partial charge in [0.25, 0.3) is 0 Å². The Morgan fingerprint density at radius 2 is 1.26 bits per heavy atom. The van der Waals surface area contributed by atoms with Gasteiger partial charge >= 0.3 is 0 Å². The standard InChI is InChI=1S/C19H14N2O2/c1-13-12-16(17(22)14-8-4-2-5-9-14)21-19(20-13)18(23)15-10-6-3-7-11-15/h2-12H,1H3. The zero-order valence-corrected chi connectivity index (χ0v) is 12.6. The molecule has 4 heteroatoms. The van der Waals surface area contributed by atoms with Crippen molar-refractivity contribution in [2.75, 3.05) is 0 Å². The van der Waals surface area contributed by atoms with Gasteiger partial charge in [0, 0.05) is 16.8 Å². The van der Waals surface area contributed by atoms with Crippen LogP contribution in [0, 0.1) is 6.92 Å². The zero-order valence-electron chi connectivity index (χ0n) is 12.6. The van der Waals surface area contributed by atoms with Crippen molar-refractivity contribution in [3.05, 3.63) is 95.1 Å². The maximum atomic E-state index is 12.5. The van der Waals surface area contributed by atoms with E-state index in [-0.39, 0.29) is 23.1 Å². The number of nitrogens with zero attached hydrogens (tertiary/aromatic N) is 2. The highest BCUT2D eigenvalue weighted by Gasteiger charge is 2.17. The molecule has 0 amide bonds. The van der Waals surface area contributed by atoms with E-state index < -0.39 is 0 Å². The molecule has 0 aliphatic carbocycles. The Morgan fingerprint density at radius 3 is 1.83 bits per heavy atom. The number of hydrogen-bond acceptors (Lipinski definition) is 4. The molecule has 0 aliphatic rings. The van der Waals surface area contributed by atoms with Crippen LogP contribution < -0.4 is 0 Å². The van der Waals surface area contributed by atoms with E-state index in [1.54, 1.807) is 61.5 Å². The molecule has 0 spiro atoms. The van der Waals surface area contributed by atoms with E-state index in [1.807, 2.05) is 12.1 Å². The highest BCUT2D eigenvalue weighted by Crippen LogP contribution is 2.12. The summed E-state index contributed by atoms with van der Waals surface area (Å²) in [5.41, 5.74) is 1.83. The minimum Gasteiger partial charge on any atom is -0.287 e. The second-order valence-electron chi connectivity index (χ2n) is 5.11. The molecule has 0 fully saturated rings. The Labute approximate surface area is 133 Å². The van der Waals surface area contributed by atoms with Crippen molar-refractivity contribution in [1.82, 2.24) is 9.97 Å². The first-order chi connectivity index (χ1) is 11.1. The van der Waals surface area contributed by atoms with Crippen molar-refractivity contribution < 1.29 is 9.59 Å². The highest BCUT2D eigenvalue weighted by atomic mass is 16.1. The van der Waals surface area contributed by atoms with Crippen LogP contribution in [0.25, 0.3) is 0 Å². The van der Waals surface area contributed by atoms with Crippen LogP contribution in [0.5, 0.6) is 0 Å². The summed E-state index contributed by atoms with van der Waals surface area (Å²) in [6.07, 6.45) is 0. The molecule has 0 bridgehead atoms. The molecular weight excluding hydrogens is 288 g/mol. The molecule has 3 rings (SSSR count). The van der Waals surface area contributed by atoms with Gasteiger partial charge in [-0.1, -0.05) is 60.7 Å². The van der Waals surface area contributed by atoms with E-state index in [1.165, 1.54) is 0 Å². The topological polar surface area (TPSA) is 59.9 Å². The average Bonchev–Trinajstić information content (AvgIpc) is 2.61. The van der Waals surface area contributed by atoms with E-state index in [0.29, 0.717) is 16.8 Å². The SMILES string of the molecule is Cc1cc(C(=O)c2ccccc2)nc(C(=O)c2ccccc2)n1. The smallest absolute Gasteiger partial charge is 0.230 e. The van der Waals surface area contributed by atoms with E-state index in [9.17, 15) is 9.59 Å². The first-order valence-electron chi connectivity index (χ1n) is 7.20. The molecule has 112 valence electrons. The predicted molar refractivity (Wildman–Crippen MR) is 86.5 cm³/mol. The lowest BCUT2D eigenvalue weighted by atomic mass is 10.1. The summed E-state index contributed by atoms with van der Waals surface area (Å²) in [4.78, 5) is 33.3. The number of aryl methyl sites for hydroxylation is 1. The van der Waals surface area contributed by atoms with Gasteiger partial charge in [0.1, 0.15) is 5.69 Å². The number of carbonyl (C=O) groups excluding carboxylic acids is 2. The van der Waals surface area contributed by atoms with Crippen LogP contribution in [-0.2, 0) is 0 Å². The summed E-state index contributed by atoms with van der Waals surface area (Å²) in [6.45, 7) is 1.74. The van der Waals surface area contributed by atoms with Gasteiger partial charge in [-0.05, 0) is 13.0 Å². The monoisotopic (exact) mass is 302 g/mol. The molecule has 0 unspecified atom stereocenters. The lowest BCUT2D eigenvalue weighted by Crippen LogP contribution is -2.13. The van der Waals surface area contributed by atoms with Crippen LogP contribution in [0.1, 0.15) is 37.9 Å². The summed E-state index contributed by atoms with van der Waals surface area (Å²) in [5, 5.41) is 0. The number of aromatic nitrogens is 2. The third-order valence-electron chi connectivity index (χ3n) is 3.36. The Hall–Kier alpha value is -3.14. The Bertz CT molecular complexity index is 789. The Balaban J connectivity index is 2.00. The molecule has 4 nitrogen and oxygen atoms in total. The Morgan fingerprint density at radius 1 is 0.739 bits per heavy atom. The van der Waals surface area contributed by atoms with Gasteiger partial charge in [0.2, 0.25) is 17.4 Å². The fourth-order valence-corrected chi connectivity index (χ4v) is 2.24.